The van der Waals surface area contributed by atoms with Crippen LogP contribution in [0.15, 0.2) is 6.07 Å². The van der Waals surface area contributed by atoms with Gasteiger partial charge in [-0.15, -0.1) is 0 Å². The molecule has 1 aromatic rings. The summed E-state index contributed by atoms with van der Waals surface area (Å²) in [5.74, 6) is 1.69. The number of nitrogens with one attached hydrogen (secondary N) is 1. The van der Waals surface area contributed by atoms with Crippen LogP contribution in [0, 0.1) is 5.92 Å². The Morgan fingerprint density at radius 3 is 2.59 bits per heavy atom. The Bertz CT molecular complexity index is 357. The minimum Gasteiger partial charge on any atom is -0.481 e. The Labute approximate surface area is 102 Å². The van der Waals surface area contributed by atoms with Crippen LogP contribution >= 0.6 is 0 Å². The van der Waals surface area contributed by atoms with E-state index in [2.05, 4.69) is 29.1 Å². The Balaban J connectivity index is 2.81. The van der Waals surface area contributed by atoms with Crippen LogP contribution < -0.4 is 15.8 Å². The molecule has 0 radical (unpaired) electrons. The smallest absolute Gasteiger partial charge is 0.225 e. The number of nitrogens with zero attached hydrogens (tertiary/aromatic N) is 2. The predicted octanol–water partition coefficient (Wildman–Crippen LogP) is 1.15. The molecule has 6 heteroatoms. The van der Waals surface area contributed by atoms with Crippen molar-refractivity contribution in [2.75, 3.05) is 31.9 Å². The van der Waals surface area contributed by atoms with Crippen LogP contribution in [0.1, 0.15) is 13.8 Å². The molecule has 0 amide bonds. The van der Waals surface area contributed by atoms with E-state index in [1.54, 1.807) is 20.3 Å². The van der Waals surface area contributed by atoms with Gasteiger partial charge in [-0.1, -0.05) is 13.8 Å². The predicted molar refractivity (Wildman–Crippen MR) is 67.1 cm³/mol. The molecule has 1 heterocycles. The lowest BCUT2D eigenvalue weighted by Crippen LogP contribution is -2.31. The van der Waals surface area contributed by atoms with E-state index in [9.17, 15) is 0 Å². The fraction of sp³-hybridized carbons (Fsp3) is 0.636. The Hall–Kier alpha value is -1.56. The van der Waals surface area contributed by atoms with E-state index in [0.29, 0.717) is 24.2 Å². The van der Waals surface area contributed by atoms with Crippen molar-refractivity contribution in [2.45, 2.75) is 19.9 Å². The lowest BCUT2D eigenvalue weighted by Gasteiger charge is -2.22. The van der Waals surface area contributed by atoms with E-state index >= 15 is 0 Å². The van der Waals surface area contributed by atoms with Crippen LogP contribution in [0.5, 0.6) is 5.88 Å². The highest BCUT2D eigenvalue weighted by Gasteiger charge is 2.14. The number of methoxy groups -OCH3 is 2. The highest BCUT2D eigenvalue weighted by molar-refractivity contribution is 5.43. The molecule has 0 aromatic carbocycles. The molecular formula is C11H20N4O2. The summed E-state index contributed by atoms with van der Waals surface area (Å²) in [4.78, 5) is 8.03. The van der Waals surface area contributed by atoms with Gasteiger partial charge in [-0.05, 0) is 5.92 Å². The first-order valence-electron chi connectivity index (χ1n) is 5.50. The normalized spacial score (nSPS) is 12.5. The number of nitrogen functional groups attached to an aromatic ring is 1. The number of rotatable bonds is 6. The number of aromatic nitrogens is 2. The standard InChI is InChI=1S/C11H20N4O2/c1-7(2)8(6-16-3)13-9-5-10(17-4)15-11(12)14-9/h5,7-8H,6H2,1-4H3,(H3,12,13,14,15). The van der Waals surface area contributed by atoms with E-state index in [4.69, 9.17) is 15.2 Å². The molecule has 6 nitrogen and oxygen atoms in total. The summed E-state index contributed by atoms with van der Waals surface area (Å²) in [6, 6.07) is 1.88. The first kappa shape index (κ1) is 13.5. The van der Waals surface area contributed by atoms with Crippen LogP contribution in [0.25, 0.3) is 0 Å². The van der Waals surface area contributed by atoms with E-state index in [-0.39, 0.29) is 12.0 Å². The van der Waals surface area contributed by atoms with Gasteiger partial charge in [-0.2, -0.15) is 9.97 Å². The van der Waals surface area contributed by atoms with Crippen LogP contribution in [-0.4, -0.2) is 36.8 Å². The van der Waals surface area contributed by atoms with Gasteiger partial charge < -0.3 is 20.5 Å². The van der Waals surface area contributed by atoms with Gasteiger partial charge in [0.1, 0.15) is 5.82 Å². The van der Waals surface area contributed by atoms with Crippen LogP contribution in [0.3, 0.4) is 0 Å². The maximum Gasteiger partial charge on any atom is 0.225 e. The minimum atomic E-state index is 0.166. The van der Waals surface area contributed by atoms with Gasteiger partial charge in [0.05, 0.1) is 19.8 Å². The molecule has 0 spiro atoms. The fourth-order valence-electron chi connectivity index (χ4n) is 1.39. The Kier molecular flexibility index (Phi) is 4.96. The molecule has 17 heavy (non-hydrogen) atoms. The molecule has 0 aliphatic carbocycles. The van der Waals surface area contributed by atoms with Crippen LogP contribution in [0.2, 0.25) is 0 Å². The van der Waals surface area contributed by atoms with Crippen LogP contribution in [0.4, 0.5) is 11.8 Å². The van der Waals surface area contributed by atoms with Crippen molar-refractivity contribution in [3.05, 3.63) is 6.07 Å². The van der Waals surface area contributed by atoms with Crippen molar-refractivity contribution in [2.24, 2.45) is 5.92 Å². The third-order valence-corrected chi connectivity index (χ3v) is 2.41. The summed E-state index contributed by atoms with van der Waals surface area (Å²) in [7, 11) is 3.21. The third-order valence-electron chi connectivity index (χ3n) is 2.41. The SMILES string of the molecule is COCC(Nc1cc(OC)nc(N)n1)C(C)C. The highest BCUT2D eigenvalue weighted by Crippen LogP contribution is 2.17. The molecule has 0 fully saturated rings. The maximum atomic E-state index is 5.59. The molecule has 1 atom stereocenters. The molecule has 0 bridgehead atoms. The average molecular weight is 240 g/mol. The number of hydrogen-bond acceptors (Lipinski definition) is 6. The second-order valence-corrected chi connectivity index (χ2v) is 4.10. The van der Waals surface area contributed by atoms with Crippen molar-refractivity contribution >= 4 is 11.8 Å². The second-order valence-electron chi connectivity index (χ2n) is 4.10. The second kappa shape index (κ2) is 6.24. The zero-order chi connectivity index (χ0) is 12.8. The number of nitrogens with two attached hydrogens (primary N) is 1. The van der Waals surface area contributed by atoms with E-state index in [0.717, 1.165) is 0 Å². The molecule has 0 aliphatic rings. The molecule has 96 valence electrons. The first-order chi connectivity index (χ1) is 8.06. The lowest BCUT2D eigenvalue weighted by molar-refractivity contribution is 0.171. The summed E-state index contributed by atoms with van der Waals surface area (Å²) < 4.78 is 10.2. The molecule has 3 N–H and O–H groups in total. The molecule has 1 aromatic heterocycles. The van der Waals surface area contributed by atoms with Crippen molar-refractivity contribution in [1.29, 1.82) is 0 Å². The monoisotopic (exact) mass is 240 g/mol. The van der Waals surface area contributed by atoms with Gasteiger partial charge in [0.2, 0.25) is 11.8 Å². The van der Waals surface area contributed by atoms with Gasteiger partial charge in [-0.25, -0.2) is 0 Å². The molecular weight excluding hydrogens is 220 g/mol. The molecule has 0 saturated heterocycles. The summed E-state index contributed by atoms with van der Waals surface area (Å²) in [5, 5.41) is 3.26. The van der Waals surface area contributed by atoms with Gasteiger partial charge in [0.25, 0.3) is 0 Å². The first-order valence-corrected chi connectivity index (χ1v) is 5.50. The summed E-state index contributed by atoms with van der Waals surface area (Å²) in [5.41, 5.74) is 5.59. The maximum absolute atomic E-state index is 5.59. The topological polar surface area (TPSA) is 82.3 Å². The highest BCUT2D eigenvalue weighted by atomic mass is 16.5. The summed E-state index contributed by atoms with van der Waals surface area (Å²) in [6.07, 6.45) is 0. The van der Waals surface area contributed by atoms with Crippen molar-refractivity contribution in [3.8, 4) is 5.88 Å². The zero-order valence-electron chi connectivity index (χ0n) is 10.7. The van der Waals surface area contributed by atoms with E-state index in [1.165, 1.54) is 0 Å². The van der Waals surface area contributed by atoms with Crippen molar-refractivity contribution < 1.29 is 9.47 Å². The number of hydrogen-bond donors (Lipinski definition) is 2. The summed E-state index contributed by atoms with van der Waals surface area (Å²) in [6.45, 7) is 4.82. The van der Waals surface area contributed by atoms with Crippen molar-refractivity contribution in [3.63, 3.8) is 0 Å². The van der Waals surface area contributed by atoms with E-state index in [1.807, 2.05) is 0 Å². The van der Waals surface area contributed by atoms with Crippen LogP contribution in [-0.2, 0) is 4.74 Å². The third kappa shape index (κ3) is 4.07. The van der Waals surface area contributed by atoms with E-state index < -0.39 is 0 Å². The number of ether oxygens (including phenoxy) is 2. The molecule has 1 unspecified atom stereocenters. The van der Waals surface area contributed by atoms with Gasteiger partial charge >= 0.3 is 0 Å². The zero-order valence-corrected chi connectivity index (χ0v) is 10.7. The average Bonchev–Trinajstić information content (AvgIpc) is 2.27. The van der Waals surface area contributed by atoms with Gasteiger partial charge in [0, 0.05) is 13.2 Å². The summed E-state index contributed by atoms with van der Waals surface area (Å²) >= 11 is 0. The molecule has 0 saturated carbocycles. The fourth-order valence-corrected chi connectivity index (χ4v) is 1.39. The number of anilines is 2. The Morgan fingerprint density at radius 2 is 2.06 bits per heavy atom. The van der Waals surface area contributed by atoms with Crippen molar-refractivity contribution in [1.82, 2.24) is 9.97 Å². The van der Waals surface area contributed by atoms with Gasteiger partial charge in [-0.3, -0.25) is 0 Å². The molecule has 1 rings (SSSR count). The Morgan fingerprint density at radius 1 is 1.35 bits per heavy atom. The quantitative estimate of drug-likeness (QED) is 0.776. The largest absolute Gasteiger partial charge is 0.481 e. The lowest BCUT2D eigenvalue weighted by atomic mass is 10.1. The minimum absolute atomic E-state index is 0.166. The molecule has 0 aliphatic heterocycles. The van der Waals surface area contributed by atoms with Gasteiger partial charge in [0.15, 0.2) is 0 Å².